The van der Waals surface area contributed by atoms with Gasteiger partial charge in [0.15, 0.2) is 15.7 Å². The maximum atomic E-state index is 12.2. The van der Waals surface area contributed by atoms with E-state index in [0.717, 1.165) is 6.42 Å². The SMILES string of the molecule is CCCc1nc(C2(N)CCS(=O)(=O)c3ccccc32)no1. The molecule has 0 aliphatic carbocycles. The normalized spacial score (nSPS) is 23.7. The minimum absolute atomic E-state index is 0.0157. The predicted octanol–water partition coefficient (Wildman–Crippen LogP) is 1.40. The molecule has 6 nitrogen and oxygen atoms in total. The van der Waals surface area contributed by atoms with E-state index in [9.17, 15) is 8.42 Å². The summed E-state index contributed by atoms with van der Waals surface area (Å²) in [5.74, 6) is 0.870. The van der Waals surface area contributed by atoms with E-state index in [1.165, 1.54) is 0 Å². The van der Waals surface area contributed by atoms with Gasteiger partial charge in [-0.2, -0.15) is 4.98 Å². The van der Waals surface area contributed by atoms with Crippen molar-refractivity contribution in [2.24, 2.45) is 5.73 Å². The number of rotatable bonds is 3. The average Bonchev–Trinajstić information content (AvgIpc) is 2.94. The summed E-state index contributed by atoms with van der Waals surface area (Å²) >= 11 is 0. The van der Waals surface area contributed by atoms with E-state index in [0.29, 0.717) is 23.7 Å². The van der Waals surface area contributed by atoms with Gasteiger partial charge in [0.25, 0.3) is 0 Å². The molecule has 1 aliphatic heterocycles. The van der Waals surface area contributed by atoms with Crippen LogP contribution in [0, 0.1) is 0 Å². The summed E-state index contributed by atoms with van der Waals surface area (Å²) in [5.41, 5.74) is 6.00. The second-order valence-electron chi connectivity index (χ2n) is 5.30. The van der Waals surface area contributed by atoms with Crippen molar-refractivity contribution in [2.75, 3.05) is 5.75 Å². The van der Waals surface area contributed by atoms with Crippen molar-refractivity contribution in [1.82, 2.24) is 10.1 Å². The van der Waals surface area contributed by atoms with E-state index in [-0.39, 0.29) is 17.1 Å². The number of hydrogen-bond donors (Lipinski definition) is 1. The number of nitrogens with two attached hydrogens (primary N) is 1. The van der Waals surface area contributed by atoms with Gasteiger partial charge in [0.1, 0.15) is 5.54 Å². The molecule has 0 saturated heterocycles. The van der Waals surface area contributed by atoms with Gasteiger partial charge in [0.05, 0.1) is 10.6 Å². The van der Waals surface area contributed by atoms with Crippen LogP contribution < -0.4 is 5.73 Å². The van der Waals surface area contributed by atoms with Gasteiger partial charge in [-0.05, 0) is 24.5 Å². The first kappa shape index (κ1) is 14.2. The molecule has 7 heteroatoms. The quantitative estimate of drug-likeness (QED) is 0.920. The van der Waals surface area contributed by atoms with Crippen molar-refractivity contribution in [3.63, 3.8) is 0 Å². The Morgan fingerprint density at radius 2 is 2.14 bits per heavy atom. The summed E-state index contributed by atoms with van der Waals surface area (Å²) in [7, 11) is -3.29. The van der Waals surface area contributed by atoms with Crippen LogP contribution in [0.5, 0.6) is 0 Å². The van der Waals surface area contributed by atoms with Crippen molar-refractivity contribution in [2.45, 2.75) is 36.6 Å². The summed E-state index contributed by atoms with van der Waals surface area (Å²) in [5, 5.41) is 3.97. The molecule has 21 heavy (non-hydrogen) atoms. The molecule has 0 bridgehead atoms. The smallest absolute Gasteiger partial charge is 0.226 e. The van der Waals surface area contributed by atoms with Gasteiger partial charge < -0.3 is 10.3 Å². The van der Waals surface area contributed by atoms with Crippen LogP contribution in [0.2, 0.25) is 0 Å². The topological polar surface area (TPSA) is 99.1 Å². The van der Waals surface area contributed by atoms with Crippen LogP contribution in [-0.4, -0.2) is 24.3 Å². The Morgan fingerprint density at radius 1 is 1.38 bits per heavy atom. The van der Waals surface area contributed by atoms with Crippen LogP contribution in [0.1, 0.15) is 37.0 Å². The molecular weight excluding hydrogens is 290 g/mol. The van der Waals surface area contributed by atoms with Crippen LogP contribution in [0.15, 0.2) is 33.7 Å². The number of benzene rings is 1. The van der Waals surface area contributed by atoms with Crippen molar-refractivity contribution < 1.29 is 12.9 Å². The van der Waals surface area contributed by atoms with Crippen molar-refractivity contribution >= 4 is 9.84 Å². The zero-order chi connectivity index (χ0) is 15.1. The van der Waals surface area contributed by atoms with E-state index in [1.807, 2.05) is 6.92 Å². The molecule has 0 radical (unpaired) electrons. The first-order valence-electron chi connectivity index (χ1n) is 6.91. The lowest BCUT2D eigenvalue weighted by Gasteiger charge is -2.32. The molecule has 1 aromatic heterocycles. The van der Waals surface area contributed by atoms with Gasteiger partial charge in [-0.1, -0.05) is 30.3 Å². The standard InChI is InChI=1S/C14H17N3O3S/c1-2-5-12-16-13(17-20-12)14(15)8-9-21(18,19)11-7-4-3-6-10(11)14/h3-4,6-7H,2,5,8-9,15H2,1H3. The number of sulfone groups is 1. The van der Waals surface area contributed by atoms with E-state index in [1.54, 1.807) is 24.3 Å². The fraction of sp³-hybridized carbons (Fsp3) is 0.429. The lowest BCUT2D eigenvalue weighted by molar-refractivity contribution is 0.355. The second-order valence-corrected chi connectivity index (χ2v) is 7.38. The molecule has 1 aromatic carbocycles. The Bertz CT molecular complexity index is 769. The monoisotopic (exact) mass is 307 g/mol. The summed E-state index contributed by atoms with van der Waals surface area (Å²) in [6.07, 6.45) is 1.82. The fourth-order valence-corrected chi connectivity index (χ4v) is 4.31. The zero-order valence-corrected chi connectivity index (χ0v) is 12.6. The number of fused-ring (bicyclic) bond motifs is 1. The van der Waals surface area contributed by atoms with Crippen molar-refractivity contribution in [3.05, 3.63) is 41.5 Å². The molecule has 1 aliphatic rings. The molecular formula is C14H17N3O3S. The third kappa shape index (κ3) is 2.26. The molecule has 0 amide bonds. The number of hydrogen-bond acceptors (Lipinski definition) is 6. The number of aryl methyl sites for hydroxylation is 1. The largest absolute Gasteiger partial charge is 0.339 e. The molecule has 0 saturated carbocycles. The summed E-state index contributed by atoms with van der Waals surface area (Å²) < 4.78 is 29.6. The van der Waals surface area contributed by atoms with Gasteiger partial charge in [-0.3, -0.25) is 0 Å². The maximum Gasteiger partial charge on any atom is 0.226 e. The molecule has 1 atom stereocenters. The Kier molecular flexibility index (Phi) is 3.33. The van der Waals surface area contributed by atoms with Gasteiger partial charge in [-0.15, -0.1) is 0 Å². The summed E-state index contributed by atoms with van der Waals surface area (Å²) in [4.78, 5) is 4.61. The minimum Gasteiger partial charge on any atom is -0.339 e. The molecule has 0 spiro atoms. The third-order valence-corrected chi connectivity index (χ3v) is 5.57. The van der Waals surface area contributed by atoms with E-state index in [4.69, 9.17) is 10.3 Å². The third-order valence-electron chi connectivity index (χ3n) is 3.80. The Morgan fingerprint density at radius 3 is 2.90 bits per heavy atom. The van der Waals surface area contributed by atoms with Gasteiger partial charge in [0, 0.05) is 6.42 Å². The molecule has 112 valence electrons. The summed E-state index contributed by atoms with van der Waals surface area (Å²) in [6.45, 7) is 2.02. The molecule has 2 aromatic rings. The first-order valence-corrected chi connectivity index (χ1v) is 8.57. The van der Waals surface area contributed by atoms with Crippen LogP contribution in [0.4, 0.5) is 0 Å². The maximum absolute atomic E-state index is 12.2. The van der Waals surface area contributed by atoms with Gasteiger partial charge in [-0.25, -0.2) is 8.42 Å². The molecule has 1 unspecified atom stereocenters. The second kappa shape index (κ2) is 4.92. The summed E-state index contributed by atoms with van der Waals surface area (Å²) in [6, 6.07) is 6.77. The first-order chi connectivity index (χ1) is 9.97. The van der Waals surface area contributed by atoms with Crippen molar-refractivity contribution in [1.29, 1.82) is 0 Å². The average molecular weight is 307 g/mol. The van der Waals surface area contributed by atoms with Crippen molar-refractivity contribution in [3.8, 4) is 0 Å². The van der Waals surface area contributed by atoms with Gasteiger partial charge in [0.2, 0.25) is 5.89 Å². The van der Waals surface area contributed by atoms with Crippen LogP contribution in [0.3, 0.4) is 0 Å². The lowest BCUT2D eigenvalue weighted by atomic mass is 9.87. The zero-order valence-electron chi connectivity index (χ0n) is 11.7. The molecule has 2 N–H and O–H groups in total. The van der Waals surface area contributed by atoms with Crippen LogP contribution in [0.25, 0.3) is 0 Å². The molecule has 2 heterocycles. The van der Waals surface area contributed by atoms with E-state index in [2.05, 4.69) is 10.1 Å². The lowest BCUT2D eigenvalue weighted by Crippen LogP contribution is -2.45. The van der Waals surface area contributed by atoms with E-state index >= 15 is 0 Å². The van der Waals surface area contributed by atoms with Gasteiger partial charge >= 0.3 is 0 Å². The predicted molar refractivity (Wildman–Crippen MR) is 76.4 cm³/mol. The highest BCUT2D eigenvalue weighted by Gasteiger charge is 2.43. The molecule has 3 rings (SSSR count). The van der Waals surface area contributed by atoms with E-state index < -0.39 is 15.4 Å². The van der Waals surface area contributed by atoms with Crippen LogP contribution >= 0.6 is 0 Å². The molecule has 0 fully saturated rings. The fourth-order valence-electron chi connectivity index (χ4n) is 2.63. The van der Waals surface area contributed by atoms with Crippen LogP contribution in [-0.2, 0) is 21.8 Å². The highest BCUT2D eigenvalue weighted by molar-refractivity contribution is 7.91. The number of aromatic nitrogens is 2. The number of nitrogens with zero attached hydrogens (tertiary/aromatic N) is 2. The Balaban J connectivity index is 2.13. The highest BCUT2D eigenvalue weighted by atomic mass is 32.2. The Labute approximate surface area is 123 Å². The minimum atomic E-state index is -3.29. The Hall–Kier alpha value is -1.73. The highest BCUT2D eigenvalue weighted by Crippen LogP contribution is 2.38.